The van der Waals surface area contributed by atoms with E-state index in [1.807, 2.05) is 6.08 Å². The molecule has 1 aliphatic rings. The maximum atomic E-state index is 3.73. The number of hydrogen-bond acceptors (Lipinski definition) is 1. The van der Waals surface area contributed by atoms with Gasteiger partial charge in [0.1, 0.15) is 0 Å². The summed E-state index contributed by atoms with van der Waals surface area (Å²) in [4.78, 5) is 0. The summed E-state index contributed by atoms with van der Waals surface area (Å²) < 4.78 is 0. The number of hydrogen-bond donors (Lipinski definition) is 1. The maximum absolute atomic E-state index is 3.73. The van der Waals surface area contributed by atoms with Crippen LogP contribution in [-0.4, -0.2) is 13.1 Å². The predicted molar refractivity (Wildman–Crippen MR) is 63.4 cm³/mol. The molecule has 0 amide bonds. The van der Waals surface area contributed by atoms with Crippen molar-refractivity contribution in [1.82, 2.24) is 5.32 Å². The minimum absolute atomic E-state index is 0.947. The third-order valence-corrected chi connectivity index (χ3v) is 3.24. The number of rotatable bonds is 6. The molecular formula is C13H25N. The van der Waals surface area contributed by atoms with Crippen LogP contribution in [0.4, 0.5) is 0 Å². The molecule has 1 aliphatic carbocycles. The van der Waals surface area contributed by atoms with Crippen molar-refractivity contribution in [3.8, 4) is 0 Å². The Hall–Kier alpha value is -0.300. The minimum atomic E-state index is 0.947. The summed E-state index contributed by atoms with van der Waals surface area (Å²) in [5, 5.41) is 3.56. The topological polar surface area (TPSA) is 12.0 Å². The Morgan fingerprint density at radius 1 is 1.43 bits per heavy atom. The van der Waals surface area contributed by atoms with Crippen LogP contribution >= 0.6 is 0 Å². The van der Waals surface area contributed by atoms with Gasteiger partial charge in [-0.3, -0.25) is 0 Å². The van der Waals surface area contributed by atoms with Gasteiger partial charge in [0, 0.05) is 0 Å². The van der Waals surface area contributed by atoms with Gasteiger partial charge >= 0.3 is 0 Å². The van der Waals surface area contributed by atoms with Crippen LogP contribution in [0.2, 0.25) is 0 Å². The quantitative estimate of drug-likeness (QED) is 0.506. The molecule has 0 bridgehead atoms. The first-order valence-corrected chi connectivity index (χ1v) is 6.14. The van der Waals surface area contributed by atoms with E-state index in [4.69, 9.17) is 0 Å². The highest BCUT2D eigenvalue weighted by atomic mass is 14.9. The van der Waals surface area contributed by atoms with Gasteiger partial charge in [-0.05, 0) is 50.6 Å². The van der Waals surface area contributed by atoms with Crippen molar-refractivity contribution in [3.05, 3.63) is 12.7 Å². The van der Waals surface area contributed by atoms with E-state index in [0.29, 0.717) is 0 Å². The highest BCUT2D eigenvalue weighted by molar-refractivity contribution is 4.72. The molecule has 1 saturated carbocycles. The van der Waals surface area contributed by atoms with Gasteiger partial charge in [0.25, 0.3) is 0 Å². The van der Waals surface area contributed by atoms with E-state index in [2.05, 4.69) is 18.8 Å². The molecule has 2 atom stereocenters. The van der Waals surface area contributed by atoms with Crippen LogP contribution in [0.1, 0.15) is 45.4 Å². The number of nitrogens with one attached hydrogen (secondary N) is 1. The van der Waals surface area contributed by atoms with Crippen LogP contribution in [0, 0.1) is 11.8 Å². The largest absolute Gasteiger partial charge is 0.316 e. The summed E-state index contributed by atoms with van der Waals surface area (Å²) in [7, 11) is 0. The van der Waals surface area contributed by atoms with Gasteiger partial charge in [0.05, 0.1) is 0 Å². The summed E-state index contributed by atoms with van der Waals surface area (Å²) in [6, 6.07) is 0. The summed E-state index contributed by atoms with van der Waals surface area (Å²) in [5.74, 6) is 1.91. The molecule has 0 aromatic heterocycles. The van der Waals surface area contributed by atoms with E-state index in [9.17, 15) is 0 Å². The highest BCUT2D eigenvalue weighted by Gasteiger charge is 2.17. The van der Waals surface area contributed by atoms with Crippen LogP contribution in [-0.2, 0) is 0 Å². The predicted octanol–water partition coefficient (Wildman–Crippen LogP) is 3.37. The van der Waals surface area contributed by atoms with Crippen molar-refractivity contribution in [2.24, 2.45) is 11.8 Å². The summed E-state index contributed by atoms with van der Waals surface area (Å²) in [6.45, 7) is 8.52. The smallest absolute Gasteiger partial charge is 0.00204 e. The molecule has 0 heterocycles. The van der Waals surface area contributed by atoms with Crippen LogP contribution in [0.5, 0.6) is 0 Å². The average Bonchev–Trinajstić information content (AvgIpc) is 2.18. The zero-order valence-corrected chi connectivity index (χ0v) is 9.60. The molecule has 0 saturated heterocycles. The molecule has 14 heavy (non-hydrogen) atoms. The lowest BCUT2D eigenvalue weighted by Crippen LogP contribution is -2.27. The van der Waals surface area contributed by atoms with E-state index >= 15 is 0 Å². The third kappa shape index (κ3) is 4.80. The minimum Gasteiger partial charge on any atom is -0.316 e. The molecule has 1 nitrogen and oxygen atoms in total. The van der Waals surface area contributed by atoms with E-state index in [0.717, 1.165) is 24.8 Å². The second-order valence-electron chi connectivity index (χ2n) is 4.77. The number of allylic oxidation sites excluding steroid dienone is 1. The van der Waals surface area contributed by atoms with E-state index < -0.39 is 0 Å². The zero-order valence-electron chi connectivity index (χ0n) is 9.60. The fourth-order valence-corrected chi connectivity index (χ4v) is 2.42. The van der Waals surface area contributed by atoms with Gasteiger partial charge in [-0.1, -0.05) is 25.8 Å². The molecular weight excluding hydrogens is 170 g/mol. The molecule has 2 unspecified atom stereocenters. The van der Waals surface area contributed by atoms with Crippen molar-refractivity contribution >= 4 is 0 Å². The molecule has 1 rings (SSSR count). The Labute approximate surface area is 89.0 Å². The molecule has 1 N–H and O–H groups in total. The van der Waals surface area contributed by atoms with Crippen LogP contribution in [0.3, 0.4) is 0 Å². The SMILES string of the molecule is C=CCCCNCC1CCCC(C)C1. The lowest BCUT2D eigenvalue weighted by molar-refractivity contribution is 0.274. The first kappa shape index (κ1) is 11.8. The van der Waals surface area contributed by atoms with Crippen molar-refractivity contribution in [1.29, 1.82) is 0 Å². The van der Waals surface area contributed by atoms with Gasteiger partial charge in [-0.15, -0.1) is 6.58 Å². The molecule has 0 aromatic rings. The highest BCUT2D eigenvalue weighted by Crippen LogP contribution is 2.27. The van der Waals surface area contributed by atoms with Crippen LogP contribution in [0.15, 0.2) is 12.7 Å². The Balaban J connectivity index is 1.97. The fourth-order valence-electron chi connectivity index (χ4n) is 2.42. The molecule has 0 aromatic carbocycles. The van der Waals surface area contributed by atoms with Crippen molar-refractivity contribution in [3.63, 3.8) is 0 Å². The average molecular weight is 195 g/mol. The summed E-state index contributed by atoms with van der Waals surface area (Å²) >= 11 is 0. The van der Waals surface area contributed by atoms with Gasteiger partial charge in [0.15, 0.2) is 0 Å². The Morgan fingerprint density at radius 3 is 3.00 bits per heavy atom. The zero-order chi connectivity index (χ0) is 10.2. The normalized spacial score (nSPS) is 27.5. The van der Waals surface area contributed by atoms with Gasteiger partial charge in [0.2, 0.25) is 0 Å². The Bertz CT molecular complexity index is 153. The molecule has 0 radical (unpaired) electrons. The first-order valence-electron chi connectivity index (χ1n) is 6.14. The van der Waals surface area contributed by atoms with Gasteiger partial charge < -0.3 is 5.32 Å². The lowest BCUT2D eigenvalue weighted by Gasteiger charge is -2.26. The molecule has 0 aliphatic heterocycles. The van der Waals surface area contributed by atoms with Crippen LogP contribution in [0.25, 0.3) is 0 Å². The molecule has 82 valence electrons. The lowest BCUT2D eigenvalue weighted by atomic mass is 9.82. The maximum Gasteiger partial charge on any atom is -0.00204 e. The standard InChI is InChI=1S/C13H25N/c1-3-4-5-9-14-11-13-8-6-7-12(2)10-13/h3,12-14H,1,4-11H2,2H3. The Morgan fingerprint density at radius 2 is 2.29 bits per heavy atom. The second kappa shape index (κ2) is 7.05. The molecule has 1 heteroatoms. The fraction of sp³-hybridized carbons (Fsp3) is 0.846. The second-order valence-corrected chi connectivity index (χ2v) is 4.77. The number of unbranched alkanes of at least 4 members (excludes halogenated alkanes) is 1. The van der Waals surface area contributed by atoms with Crippen molar-refractivity contribution < 1.29 is 0 Å². The van der Waals surface area contributed by atoms with E-state index in [1.54, 1.807) is 0 Å². The third-order valence-electron chi connectivity index (χ3n) is 3.24. The van der Waals surface area contributed by atoms with Crippen molar-refractivity contribution in [2.75, 3.05) is 13.1 Å². The monoisotopic (exact) mass is 195 g/mol. The van der Waals surface area contributed by atoms with E-state index in [1.165, 1.54) is 38.6 Å². The van der Waals surface area contributed by atoms with Gasteiger partial charge in [-0.2, -0.15) is 0 Å². The van der Waals surface area contributed by atoms with Gasteiger partial charge in [-0.25, -0.2) is 0 Å². The van der Waals surface area contributed by atoms with Crippen LogP contribution < -0.4 is 5.32 Å². The molecule has 0 spiro atoms. The summed E-state index contributed by atoms with van der Waals surface area (Å²) in [5.41, 5.74) is 0. The molecule has 1 fully saturated rings. The van der Waals surface area contributed by atoms with Crippen molar-refractivity contribution in [2.45, 2.75) is 45.4 Å². The Kier molecular flexibility index (Phi) is 5.93. The van der Waals surface area contributed by atoms with E-state index in [-0.39, 0.29) is 0 Å². The first-order chi connectivity index (χ1) is 6.83. The summed E-state index contributed by atoms with van der Waals surface area (Å²) in [6.07, 6.45) is 10.2.